The Morgan fingerprint density at radius 3 is 2.36 bits per heavy atom. The van der Waals surface area contributed by atoms with E-state index in [1.54, 1.807) is 12.1 Å². The Labute approximate surface area is 143 Å². The lowest BCUT2D eigenvalue weighted by Gasteiger charge is -2.41. The van der Waals surface area contributed by atoms with Crippen molar-refractivity contribution in [1.82, 2.24) is 9.80 Å². The van der Waals surface area contributed by atoms with Crippen LogP contribution in [0.4, 0.5) is 0 Å². The van der Waals surface area contributed by atoms with Crippen LogP contribution in [-0.4, -0.2) is 48.9 Å². The highest BCUT2D eigenvalue weighted by molar-refractivity contribution is 6.35. The van der Waals surface area contributed by atoms with Crippen molar-refractivity contribution < 1.29 is 4.79 Å². The molecule has 0 N–H and O–H groups in total. The summed E-state index contributed by atoms with van der Waals surface area (Å²) >= 11 is 12.1. The van der Waals surface area contributed by atoms with Gasteiger partial charge in [-0.1, -0.05) is 42.1 Å². The number of halogens is 2. The van der Waals surface area contributed by atoms with Crippen LogP contribution in [0.5, 0.6) is 0 Å². The molecule has 3 nitrogen and oxygen atoms in total. The Morgan fingerprint density at radius 2 is 1.77 bits per heavy atom. The van der Waals surface area contributed by atoms with Crippen LogP contribution < -0.4 is 0 Å². The van der Waals surface area contributed by atoms with E-state index in [4.69, 9.17) is 23.2 Å². The Morgan fingerprint density at radius 1 is 1.14 bits per heavy atom. The van der Waals surface area contributed by atoms with E-state index < -0.39 is 0 Å². The van der Waals surface area contributed by atoms with Crippen molar-refractivity contribution in [1.29, 1.82) is 0 Å². The average Bonchev–Trinajstić information content (AvgIpc) is 2.49. The van der Waals surface area contributed by atoms with Crippen LogP contribution in [0.2, 0.25) is 10.0 Å². The maximum Gasteiger partial charge on any atom is 0.227 e. The van der Waals surface area contributed by atoms with Crippen LogP contribution in [-0.2, 0) is 11.2 Å². The fourth-order valence-electron chi connectivity index (χ4n) is 3.28. The molecule has 2 atom stereocenters. The summed E-state index contributed by atoms with van der Waals surface area (Å²) in [5, 5.41) is 1.15. The molecule has 22 heavy (non-hydrogen) atoms. The van der Waals surface area contributed by atoms with E-state index >= 15 is 0 Å². The zero-order chi connectivity index (χ0) is 16.3. The van der Waals surface area contributed by atoms with Crippen LogP contribution in [0.25, 0.3) is 0 Å². The Kier molecular flexibility index (Phi) is 6.13. The van der Waals surface area contributed by atoms with E-state index in [-0.39, 0.29) is 11.9 Å². The minimum atomic E-state index is 0.114. The second kappa shape index (κ2) is 7.67. The van der Waals surface area contributed by atoms with Crippen molar-refractivity contribution in [2.45, 2.75) is 44.2 Å². The van der Waals surface area contributed by atoms with Crippen LogP contribution >= 0.6 is 23.2 Å². The highest BCUT2D eigenvalue weighted by Gasteiger charge is 2.32. The van der Waals surface area contributed by atoms with Crippen LogP contribution in [0, 0.1) is 0 Å². The first kappa shape index (κ1) is 17.6. The second-order valence-corrected chi connectivity index (χ2v) is 7.14. The van der Waals surface area contributed by atoms with Gasteiger partial charge in [0.25, 0.3) is 0 Å². The molecule has 2 unspecified atom stereocenters. The van der Waals surface area contributed by atoms with Gasteiger partial charge in [0.05, 0.1) is 6.42 Å². The third kappa shape index (κ3) is 4.15. The van der Waals surface area contributed by atoms with Crippen molar-refractivity contribution in [3.8, 4) is 0 Å². The SMILES string of the molecule is CN(C)C1CCCCC1N(C)C(=O)Cc1ccc(Cl)cc1Cl. The zero-order valence-corrected chi connectivity index (χ0v) is 15.0. The minimum Gasteiger partial charge on any atom is -0.341 e. The first-order valence-corrected chi connectivity index (χ1v) is 8.51. The lowest BCUT2D eigenvalue weighted by Crippen LogP contribution is -2.52. The van der Waals surface area contributed by atoms with E-state index in [1.807, 2.05) is 18.0 Å². The second-order valence-electron chi connectivity index (χ2n) is 6.30. The van der Waals surface area contributed by atoms with Crippen molar-refractivity contribution in [2.75, 3.05) is 21.1 Å². The third-order valence-corrected chi connectivity index (χ3v) is 5.19. The number of carbonyl (C=O) groups is 1. The maximum absolute atomic E-state index is 12.6. The van der Waals surface area contributed by atoms with Crippen molar-refractivity contribution in [3.63, 3.8) is 0 Å². The van der Waals surface area contributed by atoms with Crippen molar-refractivity contribution in [2.24, 2.45) is 0 Å². The van der Waals surface area contributed by atoms with E-state index in [9.17, 15) is 4.79 Å². The van der Waals surface area contributed by atoms with E-state index in [1.165, 1.54) is 12.8 Å². The Bertz CT molecular complexity index is 533. The monoisotopic (exact) mass is 342 g/mol. The van der Waals surface area contributed by atoms with Gasteiger partial charge in [-0.25, -0.2) is 0 Å². The molecule has 5 heteroatoms. The molecule has 122 valence electrons. The van der Waals surface area contributed by atoms with Gasteiger partial charge in [-0.05, 0) is 44.6 Å². The van der Waals surface area contributed by atoms with Gasteiger partial charge < -0.3 is 9.80 Å². The highest BCUT2D eigenvalue weighted by atomic mass is 35.5. The zero-order valence-electron chi connectivity index (χ0n) is 13.5. The summed E-state index contributed by atoms with van der Waals surface area (Å²) in [6, 6.07) is 6.01. The number of hydrogen-bond donors (Lipinski definition) is 0. The van der Waals surface area contributed by atoms with Gasteiger partial charge >= 0.3 is 0 Å². The molecule has 1 aromatic rings. The molecule has 0 radical (unpaired) electrons. The van der Waals surface area contributed by atoms with Gasteiger partial charge in [-0.2, -0.15) is 0 Å². The molecule has 1 fully saturated rings. The predicted octanol–water partition coefficient (Wildman–Crippen LogP) is 3.87. The molecule has 1 aromatic carbocycles. The van der Waals surface area contributed by atoms with Crippen LogP contribution in [0.15, 0.2) is 18.2 Å². The number of amides is 1. The number of nitrogens with zero attached hydrogens (tertiary/aromatic N) is 2. The lowest BCUT2D eigenvalue weighted by atomic mass is 9.88. The fraction of sp³-hybridized carbons (Fsp3) is 0.588. The largest absolute Gasteiger partial charge is 0.341 e. The summed E-state index contributed by atoms with van der Waals surface area (Å²) in [6.07, 6.45) is 4.97. The van der Waals surface area contributed by atoms with Gasteiger partial charge in [-0.15, -0.1) is 0 Å². The highest BCUT2D eigenvalue weighted by Crippen LogP contribution is 2.27. The van der Waals surface area contributed by atoms with E-state index in [2.05, 4.69) is 19.0 Å². The minimum absolute atomic E-state index is 0.114. The number of likely N-dealkylation sites (N-methyl/N-ethyl adjacent to an activating group) is 2. The number of benzene rings is 1. The van der Waals surface area contributed by atoms with E-state index in [0.717, 1.165) is 18.4 Å². The normalized spacial score (nSPS) is 21.9. The Balaban J connectivity index is 2.07. The molecule has 0 heterocycles. The Hall–Kier alpha value is -0.770. The number of carbonyl (C=O) groups excluding carboxylic acids is 1. The summed E-state index contributed by atoms with van der Waals surface area (Å²) < 4.78 is 0. The summed E-state index contributed by atoms with van der Waals surface area (Å²) in [6.45, 7) is 0. The van der Waals surface area contributed by atoms with E-state index in [0.29, 0.717) is 22.5 Å². The fourth-order valence-corrected chi connectivity index (χ4v) is 3.76. The van der Waals surface area contributed by atoms with Gasteiger partial charge in [0, 0.05) is 29.2 Å². The van der Waals surface area contributed by atoms with Crippen LogP contribution in [0.1, 0.15) is 31.2 Å². The quantitative estimate of drug-likeness (QED) is 0.829. The molecule has 0 aliphatic heterocycles. The molecule has 0 saturated heterocycles. The number of hydrogen-bond acceptors (Lipinski definition) is 2. The topological polar surface area (TPSA) is 23.6 Å². The summed E-state index contributed by atoms with van der Waals surface area (Å²) in [4.78, 5) is 16.8. The first-order chi connectivity index (χ1) is 10.4. The molecule has 0 aromatic heterocycles. The maximum atomic E-state index is 12.6. The molecule has 1 aliphatic carbocycles. The van der Waals surface area contributed by atoms with Gasteiger partial charge in [-0.3, -0.25) is 4.79 Å². The smallest absolute Gasteiger partial charge is 0.227 e. The van der Waals surface area contributed by atoms with Gasteiger partial charge in [0.1, 0.15) is 0 Å². The van der Waals surface area contributed by atoms with Gasteiger partial charge in [0.2, 0.25) is 5.91 Å². The molecule has 0 bridgehead atoms. The summed E-state index contributed by atoms with van der Waals surface area (Å²) in [7, 11) is 6.10. The molecule has 2 rings (SSSR count). The molecular weight excluding hydrogens is 319 g/mol. The molecule has 1 saturated carbocycles. The van der Waals surface area contributed by atoms with Gasteiger partial charge in [0.15, 0.2) is 0 Å². The first-order valence-electron chi connectivity index (χ1n) is 7.76. The van der Waals surface area contributed by atoms with Crippen LogP contribution in [0.3, 0.4) is 0 Å². The molecule has 0 spiro atoms. The number of rotatable bonds is 4. The lowest BCUT2D eigenvalue weighted by molar-refractivity contribution is -0.133. The predicted molar refractivity (Wildman–Crippen MR) is 92.7 cm³/mol. The average molecular weight is 343 g/mol. The van der Waals surface area contributed by atoms with Crippen molar-refractivity contribution >= 4 is 29.1 Å². The molecule has 1 aliphatic rings. The molecular formula is C17H24Cl2N2O. The standard InChI is InChI=1S/C17H24Cl2N2O/c1-20(2)15-6-4-5-7-16(15)21(3)17(22)10-12-8-9-13(18)11-14(12)19/h8-9,11,15-16H,4-7,10H2,1-3H3. The third-order valence-electron chi connectivity index (χ3n) is 4.60. The summed E-state index contributed by atoms with van der Waals surface area (Å²) in [5.74, 6) is 0.114. The molecule has 1 amide bonds. The van der Waals surface area contributed by atoms with Crippen molar-refractivity contribution in [3.05, 3.63) is 33.8 Å². The summed E-state index contributed by atoms with van der Waals surface area (Å²) in [5.41, 5.74) is 0.833.